The van der Waals surface area contributed by atoms with Crippen molar-refractivity contribution in [3.8, 4) is 0 Å². The van der Waals surface area contributed by atoms with Crippen LogP contribution in [-0.4, -0.2) is 14.9 Å². The van der Waals surface area contributed by atoms with Gasteiger partial charge in [-0.05, 0) is 35.2 Å². The van der Waals surface area contributed by atoms with Crippen LogP contribution in [0.2, 0.25) is 5.04 Å². The average Bonchev–Trinajstić information content (AvgIpc) is 2.74. The van der Waals surface area contributed by atoms with E-state index in [1.54, 1.807) is 0 Å². The van der Waals surface area contributed by atoms with Crippen LogP contribution < -0.4 is 10.4 Å². The van der Waals surface area contributed by atoms with Gasteiger partial charge in [-0.1, -0.05) is 131 Å². The van der Waals surface area contributed by atoms with Crippen molar-refractivity contribution in [1.82, 2.24) is 0 Å². The minimum absolute atomic E-state index is 0.00854. The molecule has 0 aliphatic rings. The van der Waals surface area contributed by atoms with E-state index >= 15 is 0 Å². The third-order valence-electron chi connectivity index (χ3n) is 6.00. The molecular weight excluding hydrogens is 380 g/mol. The Kier molecular flexibility index (Phi) is 9.32. The molecule has 0 heterocycles. The van der Waals surface area contributed by atoms with Crippen molar-refractivity contribution in [2.75, 3.05) is 6.61 Å². The van der Waals surface area contributed by atoms with Crippen molar-refractivity contribution in [3.05, 3.63) is 84.5 Å². The Bertz CT molecular complexity index is 760. The first-order chi connectivity index (χ1) is 14.3. The molecular formula is C28H40OSi. The molecule has 0 aliphatic heterocycles. The Balaban J connectivity index is 2.28. The molecule has 0 unspecified atom stereocenters. The van der Waals surface area contributed by atoms with Gasteiger partial charge in [0, 0.05) is 0 Å². The lowest BCUT2D eigenvalue weighted by Gasteiger charge is -2.42. The fourth-order valence-corrected chi connectivity index (χ4v) is 8.65. The second-order valence-electron chi connectivity index (χ2n) is 9.28. The highest BCUT2D eigenvalue weighted by molar-refractivity contribution is 6.99. The summed E-state index contributed by atoms with van der Waals surface area (Å²) in [5, 5.41) is 2.66. The van der Waals surface area contributed by atoms with E-state index in [2.05, 4.69) is 108 Å². The lowest BCUT2D eigenvalue weighted by molar-refractivity contribution is 0.338. The van der Waals surface area contributed by atoms with Crippen LogP contribution in [0.15, 0.2) is 84.5 Å². The smallest absolute Gasteiger partial charge is 0.261 e. The average molecular weight is 421 g/mol. The fourth-order valence-electron chi connectivity index (χ4n) is 4.16. The molecule has 0 N–H and O–H groups in total. The SMILES string of the molecule is C=C(CCCCCC)/C(C)=C\CO[Si](c1ccccc1)(c1ccccc1)C(C)(C)C. The molecule has 0 aromatic heterocycles. The molecule has 0 aliphatic carbocycles. The van der Waals surface area contributed by atoms with Crippen molar-refractivity contribution >= 4 is 18.7 Å². The molecule has 0 amide bonds. The van der Waals surface area contributed by atoms with Gasteiger partial charge in [0.05, 0.1) is 6.61 Å². The van der Waals surface area contributed by atoms with Gasteiger partial charge in [-0.3, -0.25) is 0 Å². The zero-order valence-electron chi connectivity index (χ0n) is 19.7. The maximum atomic E-state index is 6.95. The summed E-state index contributed by atoms with van der Waals surface area (Å²) < 4.78 is 6.95. The minimum atomic E-state index is -2.46. The van der Waals surface area contributed by atoms with E-state index in [0.29, 0.717) is 6.61 Å². The van der Waals surface area contributed by atoms with Gasteiger partial charge in [0.1, 0.15) is 0 Å². The van der Waals surface area contributed by atoms with Crippen LogP contribution in [0, 0.1) is 0 Å². The van der Waals surface area contributed by atoms with Crippen LogP contribution in [0.5, 0.6) is 0 Å². The second-order valence-corrected chi connectivity index (χ2v) is 13.6. The minimum Gasteiger partial charge on any atom is -0.404 e. The van der Waals surface area contributed by atoms with Crippen molar-refractivity contribution < 1.29 is 4.43 Å². The zero-order valence-corrected chi connectivity index (χ0v) is 20.7. The molecule has 0 spiro atoms. The van der Waals surface area contributed by atoms with E-state index in [1.807, 2.05) is 0 Å². The quantitative estimate of drug-likeness (QED) is 0.215. The lowest BCUT2D eigenvalue weighted by atomic mass is 10.0. The van der Waals surface area contributed by atoms with E-state index in [1.165, 1.54) is 47.2 Å². The normalized spacial score (nSPS) is 12.8. The van der Waals surface area contributed by atoms with Crippen LogP contribution >= 0.6 is 0 Å². The summed E-state index contributed by atoms with van der Waals surface area (Å²) in [5.74, 6) is 0. The highest BCUT2D eigenvalue weighted by Crippen LogP contribution is 2.36. The Hall–Kier alpha value is -1.90. The first-order valence-corrected chi connectivity index (χ1v) is 13.3. The molecule has 0 radical (unpaired) electrons. The largest absolute Gasteiger partial charge is 0.404 e. The van der Waals surface area contributed by atoms with Crippen LogP contribution in [0.25, 0.3) is 0 Å². The highest BCUT2D eigenvalue weighted by Gasteiger charge is 2.49. The molecule has 0 atom stereocenters. The molecule has 0 fully saturated rings. The number of hydrogen-bond donors (Lipinski definition) is 0. The third-order valence-corrected chi connectivity index (χ3v) is 11.0. The van der Waals surface area contributed by atoms with Crippen LogP contribution in [0.3, 0.4) is 0 Å². The van der Waals surface area contributed by atoms with Gasteiger partial charge in [-0.15, -0.1) is 0 Å². The van der Waals surface area contributed by atoms with E-state index in [4.69, 9.17) is 4.43 Å². The fraction of sp³-hybridized carbons (Fsp3) is 0.429. The molecule has 2 aromatic carbocycles. The van der Waals surface area contributed by atoms with E-state index < -0.39 is 8.32 Å². The summed E-state index contributed by atoms with van der Waals surface area (Å²) in [4.78, 5) is 0. The monoisotopic (exact) mass is 420 g/mol. The summed E-state index contributed by atoms with van der Waals surface area (Å²) in [6, 6.07) is 21.7. The molecule has 0 bridgehead atoms. The van der Waals surface area contributed by atoms with E-state index in [-0.39, 0.29) is 5.04 Å². The van der Waals surface area contributed by atoms with Gasteiger partial charge < -0.3 is 4.43 Å². The first-order valence-electron chi connectivity index (χ1n) is 11.4. The standard InChI is InChI=1S/C28H40OSi/c1-7-8-9-12-17-24(2)25(3)22-23-29-30(28(4,5)6,26-18-13-10-14-19-26)27-20-15-11-16-21-27/h10-11,13-16,18-22H,2,7-9,12,17,23H2,1,3-6H3/b25-22-. The van der Waals surface area contributed by atoms with Gasteiger partial charge in [0.2, 0.25) is 0 Å². The molecule has 162 valence electrons. The van der Waals surface area contributed by atoms with Crippen molar-refractivity contribution in [2.24, 2.45) is 0 Å². The topological polar surface area (TPSA) is 9.23 Å². The Morgan fingerprint density at radius 2 is 1.43 bits per heavy atom. The second kappa shape index (κ2) is 11.5. The molecule has 2 rings (SSSR count). The lowest BCUT2D eigenvalue weighted by Crippen LogP contribution is -2.66. The van der Waals surface area contributed by atoms with Crippen LogP contribution in [-0.2, 0) is 4.43 Å². The summed E-state index contributed by atoms with van der Waals surface area (Å²) in [5.41, 5.74) is 2.52. The van der Waals surface area contributed by atoms with E-state index in [9.17, 15) is 0 Å². The Morgan fingerprint density at radius 1 is 0.900 bits per heavy atom. The summed E-state index contributed by atoms with van der Waals surface area (Å²) in [6.45, 7) is 16.3. The molecule has 0 saturated carbocycles. The molecule has 0 saturated heterocycles. The van der Waals surface area contributed by atoms with Gasteiger partial charge in [-0.25, -0.2) is 0 Å². The number of hydrogen-bond acceptors (Lipinski definition) is 1. The van der Waals surface area contributed by atoms with Crippen LogP contribution in [0.1, 0.15) is 66.7 Å². The third kappa shape index (κ3) is 6.06. The number of unbranched alkanes of at least 4 members (excludes halogenated alkanes) is 3. The number of rotatable bonds is 11. The molecule has 30 heavy (non-hydrogen) atoms. The highest BCUT2D eigenvalue weighted by atomic mass is 28.4. The van der Waals surface area contributed by atoms with Gasteiger partial charge in [0.15, 0.2) is 0 Å². The number of allylic oxidation sites excluding steroid dienone is 2. The maximum Gasteiger partial charge on any atom is 0.261 e. The maximum absolute atomic E-state index is 6.95. The summed E-state index contributed by atoms with van der Waals surface area (Å²) in [7, 11) is -2.46. The van der Waals surface area contributed by atoms with E-state index in [0.717, 1.165) is 6.42 Å². The van der Waals surface area contributed by atoms with Crippen molar-refractivity contribution in [3.63, 3.8) is 0 Å². The summed E-state index contributed by atoms with van der Waals surface area (Å²) in [6.07, 6.45) is 8.43. The van der Waals surface area contributed by atoms with Gasteiger partial charge in [-0.2, -0.15) is 0 Å². The predicted molar refractivity (Wildman–Crippen MR) is 135 cm³/mol. The Morgan fingerprint density at radius 3 is 1.90 bits per heavy atom. The molecule has 2 heteroatoms. The van der Waals surface area contributed by atoms with Gasteiger partial charge in [0.25, 0.3) is 8.32 Å². The molecule has 1 nitrogen and oxygen atoms in total. The first kappa shape index (κ1) is 24.4. The Labute approximate surface area is 186 Å². The zero-order chi connectivity index (χ0) is 22.0. The predicted octanol–water partition coefficient (Wildman–Crippen LogP) is 7.04. The molecule has 2 aromatic rings. The number of benzene rings is 2. The van der Waals surface area contributed by atoms with Crippen LogP contribution in [0.4, 0.5) is 0 Å². The van der Waals surface area contributed by atoms with Crippen molar-refractivity contribution in [1.29, 1.82) is 0 Å². The summed E-state index contributed by atoms with van der Waals surface area (Å²) >= 11 is 0. The van der Waals surface area contributed by atoms with Crippen molar-refractivity contribution in [2.45, 2.75) is 71.8 Å². The van der Waals surface area contributed by atoms with Gasteiger partial charge >= 0.3 is 0 Å².